The monoisotopic (exact) mass is 434 g/mol. The summed E-state index contributed by atoms with van der Waals surface area (Å²) in [5.41, 5.74) is -0.475. The van der Waals surface area contributed by atoms with E-state index in [1.165, 1.54) is 19.1 Å². The van der Waals surface area contributed by atoms with Crippen LogP contribution in [0.1, 0.15) is 28.4 Å². The highest BCUT2D eigenvalue weighted by Crippen LogP contribution is 2.38. The SMILES string of the molecule is CCN(Sc1ncccc1C(F)(F)F)S(=O)(=O)c1ccc(C)c(C(=O)OC)c1. The molecule has 0 radical (unpaired) electrons. The van der Waals surface area contributed by atoms with Gasteiger partial charge in [0.05, 0.1) is 23.1 Å². The number of pyridine rings is 1. The van der Waals surface area contributed by atoms with Crippen LogP contribution in [0.2, 0.25) is 0 Å². The van der Waals surface area contributed by atoms with Crippen LogP contribution in [0.5, 0.6) is 0 Å². The van der Waals surface area contributed by atoms with Crippen LogP contribution in [-0.2, 0) is 20.9 Å². The van der Waals surface area contributed by atoms with Gasteiger partial charge >= 0.3 is 12.1 Å². The van der Waals surface area contributed by atoms with Crippen LogP contribution in [0.15, 0.2) is 46.5 Å². The molecule has 2 aromatic rings. The molecule has 0 saturated heterocycles. The Bertz CT molecular complexity index is 979. The largest absolute Gasteiger partial charge is 0.465 e. The van der Waals surface area contributed by atoms with Crippen molar-refractivity contribution >= 4 is 27.9 Å². The summed E-state index contributed by atoms with van der Waals surface area (Å²) in [6.07, 6.45) is -3.53. The second-order valence-corrected chi connectivity index (χ2v) is 8.64. The van der Waals surface area contributed by atoms with Crippen LogP contribution in [0, 0.1) is 6.92 Å². The first kappa shape index (κ1) is 22.2. The molecule has 11 heteroatoms. The number of rotatable bonds is 6. The number of carbonyl (C=O) groups is 1. The Morgan fingerprint density at radius 2 is 1.96 bits per heavy atom. The molecule has 152 valence electrons. The molecule has 6 nitrogen and oxygen atoms in total. The smallest absolute Gasteiger partial charge is 0.419 e. The lowest BCUT2D eigenvalue weighted by Gasteiger charge is -2.21. The normalized spacial score (nSPS) is 12.2. The summed E-state index contributed by atoms with van der Waals surface area (Å²) in [5, 5.41) is -0.485. The molecule has 0 fully saturated rings. The van der Waals surface area contributed by atoms with Gasteiger partial charge in [0.15, 0.2) is 0 Å². The first-order chi connectivity index (χ1) is 13.0. The third kappa shape index (κ3) is 4.65. The average molecular weight is 434 g/mol. The van der Waals surface area contributed by atoms with Crippen LogP contribution >= 0.6 is 11.9 Å². The van der Waals surface area contributed by atoms with E-state index in [0.717, 1.165) is 35.2 Å². The molecule has 0 aliphatic carbocycles. The zero-order valence-electron chi connectivity index (χ0n) is 15.1. The second kappa shape index (κ2) is 8.50. The molecular weight excluding hydrogens is 417 g/mol. The number of nitrogens with zero attached hydrogens (tertiary/aromatic N) is 2. The number of aryl methyl sites for hydroxylation is 1. The molecule has 0 saturated carbocycles. The number of benzene rings is 1. The van der Waals surface area contributed by atoms with Crippen molar-refractivity contribution in [3.63, 3.8) is 0 Å². The van der Waals surface area contributed by atoms with Crippen LogP contribution in [0.4, 0.5) is 13.2 Å². The van der Waals surface area contributed by atoms with E-state index in [2.05, 4.69) is 9.72 Å². The van der Waals surface area contributed by atoms with Gasteiger partial charge < -0.3 is 4.74 Å². The fourth-order valence-corrected chi connectivity index (χ4v) is 4.92. The van der Waals surface area contributed by atoms with Crippen molar-refractivity contribution < 1.29 is 31.1 Å². The molecule has 1 aromatic heterocycles. The van der Waals surface area contributed by atoms with Gasteiger partial charge in [-0.25, -0.2) is 18.2 Å². The lowest BCUT2D eigenvalue weighted by atomic mass is 10.1. The Morgan fingerprint density at radius 3 is 2.54 bits per heavy atom. The summed E-state index contributed by atoms with van der Waals surface area (Å²) >= 11 is 0.366. The molecule has 0 unspecified atom stereocenters. The zero-order chi connectivity index (χ0) is 21.1. The number of sulfonamides is 1. The first-order valence-corrected chi connectivity index (χ1v) is 10.2. The van der Waals surface area contributed by atoms with Gasteiger partial charge in [-0.05, 0) is 48.7 Å². The number of hydrogen-bond acceptors (Lipinski definition) is 6. The Balaban J connectivity index is 2.46. The highest BCUT2D eigenvalue weighted by molar-refractivity contribution is 8.08. The van der Waals surface area contributed by atoms with Gasteiger partial charge in [-0.2, -0.15) is 13.2 Å². The van der Waals surface area contributed by atoms with E-state index in [1.807, 2.05) is 0 Å². The molecular formula is C17H17F3N2O4S2. The summed E-state index contributed by atoms with van der Waals surface area (Å²) in [7, 11) is -3.05. The third-order valence-corrected chi connectivity index (χ3v) is 7.12. The fraction of sp³-hybridized carbons (Fsp3) is 0.294. The third-order valence-electron chi connectivity index (χ3n) is 3.70. The maximum Gasteiger partial charge on any atom is 0.419 e. The van der Waals surface area contributed by atoms with E-state index < -0.39 is 32.8 Å². The summed E-state index contributed by atoms with van der Waals surface area (Å²) < 4.78 is 70.8. The van der Waals surface area contributed by atoms with Crippen molar-refractivity contribution in [2.24, 2.45) is 0 Å². The highest BCUT2D eigenvalue weighted by Gasteiger charge is 2.36. The van der Waals surface area contributed by atoms with Gasteiger partial charge in [0.25, 0.3) is 10.0 Å². The molecule has 1 heterocycles. The highest BCUT2D eigenvalue weighted by atomic mass is 32.3. The molecule has 0 bridgehead atoms. The van der Waals surface area contributed by atoms with Crippen LogP contribution in [-0.4, -0.2) is 36.7 Å². The Morgan fingerprint density at radius 1 is 1.29 bits per heavy atom. The Labute approximate surface area is 164 Å². The molecule has 0 N–H and O–H groups in total. The van der Waals surface area contributed by atoms with Crippen LogP contribution in [0.3, 0.4) is 0 Å². The van der Waals surface area contributed by atoms with Gasteiger partial charge in [-0.3, -0.25) is 0 Å². The van der Waals surface area contributed by atoms with Crippen LogP contribution in [0.25, 0.3) is 0 Å². The van der Waals surface area contributed by atoms with E-state index >= 15 is 0 Å². The van der Waals surface area contributed by atoms with Crippen molar-refractivity contribution in [1.29, 1.82) is 0 Å². The minimum Gasteiger partial charge on any atom is -0.465 e. The zero-order valence-corrected chi connectivity index (χ0v) is 16.8. The van der Waals surface area contributed by atoms with Crippen molar-refractivity contribution in [3.05, 3.63) is 53.2 Å². The van der Waals surface area contributed by atoms with Gasteiger partial charge in [-0.1, -0.05) is 13.0 Å². The number of aromatic nitrogens is 1. The minimum atomic E-state index is -4.68. The number of hydrogen-bond donors (Lipinski definition) is 0. The summed E-state index contributed by atoms with van der Waals surface area (Å²) in [6, 6.07) is 5.81. The van der Waals surface area contributed by atoms with E-state index in [-0.39, 0.29) is 17.0 Å². The minimum absolute atomic E-state index is 0.0541. The number of alkyl halides is 3. The predicted molar refractivity (Wildman–Crippen MR) is 97.2 cm³/mol. The van der Waals surface area contributed by atoms with Crippen molar-refractivity contribution in [2.45, 2.75) is 29.9 Å². The molecule has 2 rings (SSSR count). The topological polar surface area (TPSA) is 76.6 Å². The number of ether oxygens (including phenoxy) is 1. The van der Waals surface area contributed by atoms with Gasteiger partial charge in [0.1, 0.15) is 5.03 Å². The van der Waals surface area contributed by atoms with Gasteiger partial charge in [0.2, 0.25) is 0 Å². The maximum absolute atomic E-state index is 13.2. The van der Waals surface area contributed by atoms with Gasteiger partial charge in [0, 0.05) is 12.7 Å². The van der Waals surface area contributed by atoms with Gasteiger partial charge in [-0.15, -0.1) is 3.71 Å². The lowest BCUT2D eigenvalue weighted by Crippen LogP contribution is -2.25. The molecule has 0 spiro atoms. The molecule has 0 aliphatic rings. The van der Waals surface area contributed by atoms with Crippen molar-refractivity contribution in [3.8, 4) is 0 Å². The summed E-state index contributed by atoms with van der Waals surface area (Å²) in [6.45, 7) is 2.97. The molecule has 1 aromatic carbocycles. The average Bonchev–Trinajstić information content (AvgIpc) is 2.65. The summed E-state index contributed by atoms with van der Waals surface area (Å²) in [5.74, 6) is -0.714. The van der Waals surface area contributed by atoms with E-state index in [1.54, 1.807) is 6.92 Å². The van der Waals surface area contributed by atoms with E-state index in [0.29, 0.717) is 17.5 Å². The van der Waals surface area contributed by atoms with E-state index in [4.69, 9.17) is 0 Å². The summed E-state index contributed by atoms with van der Waals surface area (Å²) in [4.78, 5) is 15.3. The maximum atomic E-state index is 13.2. The quantitative estimate of drug-likeness (QED) is 0.507. The number of halogens is 3. The van der Waals surface area contributed by atoms with E-state index in [9.17, 15) is 26.4 Å². The standard InChI is InChI=1S/C17H17F3N2O4S2/c1-4-22(27-15-14(17(18,19)20)6-5-9-21-15)28(24,25)12-8-7-11(2)13(10-12)16(23)26-3/h5-10H,4H2,1-3H3. The molecule has 0 amide bonds. The fourth-order valence-electron chi connectivity index (χ4n) is 2.27. The van der Waals surface area contributed by atoms with Crippen molar-refractivity contribution in [1.82, 2.24) is 8.69 Å². The van der Waals surface area contributed by atoms with Crippen LogP contribution < -0.4 is 0 Å². The van der Waals surface area contributed by atoms with Crippen molar-refractivity contribution in [2.75, 3.05) is 13.7 Å². The number of esters is 1. The first-order valence-electron chi connectivity index (χ1n) is 7.94. The molecule has 28 heavy (non-hydrogen) atoms. The predicted octanol–water partition coefficient (Wildman–Crippen LogP) is 3.91. The number of carbonyl (C=O) groups excluding carboxylic acids is 1. The number of methoxy groups -OCH3 is 1. The lowest BCUT2D eigenvalue weighted by molar-refractivity contribution is -0.140. The molecule has 0 aliphatic heterocycles. The Kier molecular flexibility index (Phi) is 6.73. The molecule has 0 atom stereocenters. The Hall–Kier alpha value is -2.11. The second-order valence-electron chi connectivity index (χ2n) is 5.54.